The van der Waals surface area contributed by atoms with Crippen LogP contribution in [0.2, 0.25) is 0 Å². The summed E-state index contributed by atoms with van der Waals surface area (Å²) in [4.78, 5) is 12.6. The summed E-state index contributed by atoms with van der Waals surface area (Å²) in [6.45, 7) is 4.27. The van der Waals surface area contributed by atoms with Crippen molar-refractivity contribution in [3.8, 4) is 0 Å². The van der Waals surface area contributed by atoms with Gasteiger partial charge in [0.2, 0.25) is 5.91 Å². The minimum atomic E-state index is -0.496. The zero-order valence-electron chi connectivity index (χ0n) is 12.5. The largest absolute Gasteiger partial charge is 0.352 e. The van der Waals surface area contributed by atoms with E-state index in [1.807, 2.05) is 4.57 Å². The quantitative estimate of drug-likeness (QED) is 0.626. The van der Waals surface area contributed by atoms with Gasteiger partial charge in [-0.3, -0.25) is 4.79 Å². The Morgan fingerprint density at radius 1 is 1.48 bits per heavy atom. The Hall–Kier alpha value is -2.15. The van der Waals surface area contributed by atoms with Gasteiger partial charge < -0.3 is 9.88 Å². The highest BCUT2D eigenvalue weighted by Crippen LogP contribution is 2.35. The smallest absolute Gasteiger partial charge is 0.238 e. The van der Waals surface area contributed by atoms with Crippen molar-refractivity contribution in [2.24, 2.45) is 0 Å². The molecule has 120 valence electrons. The lowest BCUT2D eigenvalue weighted by atomic mass is 10.1. The molecule has 0 saturated heterocycles. The zero-order valence-corrected chi connectivity index (χ0v) is 13.3. The third-order valence-corrected chi connectivity index (χ3v) is 4.71. The van der Waals surface area contributed by atoms with Crippen LogP contribution in [-0.2, 0) is 11.3 Å². The molecule has 1 N–H and O–H groups in total. The number of amides is 1. The predicted molar refractivity (Wildman–Crippen MR) is 86.4 cm³/mol. The molecule has 1 amide bonds. The van der Waals surface area contributed by atoms with E-state index in [0.29, 0.717) is 11.7 Å². The minimum absolute atomic E-state index is 0.0859. The van der Waals surface area contributed by atoms with Gasteiger partial charge in [-0.1, -0.05) is 30.0 Å². The summed E-state index contributed by atoms with van der Waals surface area (Å²) in [6, 6.07) is 6.25. The fourth-order valence-corrected chi connectivity index (χ4v) is 3.15. The summed E-state index contributed by atoms with van der Waals surface area (Å²) >= 11 is 1.31. The van der Waals surface area contributed by atoms with E-state index in [2.05, 4.69) is 22.1 Å². The Kier molecular flexibility index (Phi) is 4.76. The predicted octanol–water partition coefficient (Wildman–Crippen LogP) is 2.72. The molecule has 0 spiro atoms. The standard InChI is InChI=1S/C16H17FN4OS/c1-2-9-21-10-18-20-16(21)23-14(15(22)19-13-7-8-13)11-3-5-12(17)6-4-11/h2-6,10,13-14H,1,7-9H2,(H,19,22). The highest BCUT2D eigenvalue weighted by Gasteiger charge is 2.30. The molecule has 5 nitrogen and oxygen atoms in total. The van der Waals surface area contributed by atoms with Crippen molar-refractivity contribution in [2.75, 3.05) is 0 Å². The second kappa shape index (κ2) is 6.95. The maximum Gasteiger partial charge on any atom is 0.238 e. The molecular weight excluding hydrogens is 315 g/mol. The Labute approximate surface area is 138 Å². The Morgan fingerprint density at radius 2 is 2.22 bits per heavy atom. The van der Waals surface area contributed by atoms with Crippen LogP contribution < -0.4 is 5.32 Å². The van der Waals surface area contributed by atoms with Crippen molar-refractivity contribution in [1.29, 1.82) is 0 Å². The monoisotopic (exact) mass is 332 g/mol. The van der Waals surface area contributed by atoms with Crippen LogP contribution in [-0.4, -0.2) is 26.7 Å². The van der Waals surface area contributed by atoms with E-state index in [1.165, 1.54) is 23.9 Å². The van der Waals surface area contributed by atoms with E-state index in [9.17, 15) is 9.18 Å². The average molecular weight is 332 g/mol. The van der Waals surface area contributed by atoms with Crippen molar-refractivity contribution in [1.82, 2.24) is 20.1 Å². The molecule has 1 heterocycles. The van der Waals surface area contributed by atoms with Gasteiger partial charge in [-0.2, -0.15) is 0 Å². The maximum absolute atomic E-state index is 13.2. The molecule has 1 saturated carbocycles. The SMILES string of the molecule is C=CCn1cnnc1SC(C(=O)NC1CC1)c1ccc(F)cc1. The van der Waals surface area contributed by atoms with Gasteiger partial charge in [0.1, 0.15) is 17.4 Å². The lowest BCUT2D eigenvalue weighted by Gasteiger charge is -2.16. The van der Waals surface area contributed by atoms with Crippen molar-refractivity contribution in [3.05, 3.63) is 54.6 Å². The van der Waals surface area contributed by atoms with E-state index in [1.54, 1.807) is 24.5 Å². The third kappa shape index (κ3) is 3.98. The van der Waals surface area contributed by atoms with Crippen LogP contribution in [0.25, 0.3) is 0 Å². The first-order chi connectivity index (χ1) is 11.2. The number of carbonyl (C=O) groups is 1. The molecule has 1 aliphatic carbocycles. The molecule has 0 aliphatic heterocycles. The summed E-state index contributed by atoms with van der Waals surface area (Å²) < 4.78 is 15.0. The number of hydrogen-bond acceptors (Lipinski definition) is 4. The van der Waals surface area contributed by atoms with Gasteiger partial charge in [0.25, 0.3) is 0 Å². The van der Waals surface area contributed by atoms with Crippen LogP contribution in [0.4, 0.5) is 4.39 Å². The van der Waals surface area contributed by atoms with Gasteiger partial charge >= 0.3 is 0 Å². The lowest BCUT2D eigenvalue weighted by molar-refractivity contribution is -0.120. The van der Waals surface area contributed by atoms with Crippen LogP contribution in [0.1, 0.15) is 23.7 Å². The van der Waals surface area contributed by atoms with Gasteiger partial charge in [0, 0.05) is 12.6 Å². The van der Waals surface area contributed by atoms with Crippen molar-refractivity contribution in [2.45, 2.75) is 35.8 Å². The van der Waals surface area contributed by atoms with Gasteiger partial charge in [0.05, 0.1) is 0 Å². The van der Waals surface area contributed by atoms with E-state index < -0.39 is 5.25 Å². The molecule has 7 heteroatoms. The number of nitrogens with zero attached hydrogens (tertiary/aromatic N) is 3. The Morgan fingerprint density at radius 3 is 2.87 bits per heavy atom. The number of rotatable bonds is 7. The number of halogens is 1. The number of hydrogen-bond donors (Lipinski definition) is 1. The molecule has 1 aliphatic rings. The number of carbonyl (C=O) groups excluding carboxylic acids is 1. The van der Waals surface area contributed by atoms with Crippen LogP contribution in [0, 0.1) is 5.82 Å². The summed E-state index contributed by atoms with van der Waals surface area (Å²) in [5.41, 5.74) is 0.739. The van der Waals surface area contributed by atoms with E-state index >= 15 is 0 Å². The summed E-state index contributed by atoms with van der Waals surface area (Å²) in [5, 5.41) is 11.1. The Balaban J connectivity index is 1.84. The third-order valence-electron chi connectivity index (χ3n) is 3.46. The first-order valence-electron chi connectivity index (χ1n) is 7.38. The van der Waals surface area contributed by atoms with Crippen molar-refractivity contribution < 1.29 is 9.18 Å². The van der Waals surface area contributed by atoms with Gasteiger partial charge in [0.15, 0.2) is 5.16 Å². The molecule has 1 atom stereocenters. The lowest BCUT2D eigenvalue weighted by Crippen LogP contribution is -2.30. The number of aromatic nitrogens is 3. The fraction of sp³-hybridized carbons (Fsp3) is 0.312. The van der Waals surface area contributed by atoms with Crippen LogP contribution in [0.15, 0.2) is 48.4 Å². The van der Waals surface area contributed by atoms with Crippen LogP contribution in [0.3, 0.4) is 0 Å². The first-order valence-corrected chi connectivity index (χ1v) is 8.26. The average Bonchev–Trinajstić information content (AvgIpc) is 3.24. The Bertz CT molecular complexity index is 696. The van der Waals surface area contributed by atoms with Crippen LogP contribution >= 0.6 is 11.8 Å². The molecule has 1 aromatic heterocycles. The highest BCUT2D eigenvalue weighted by atomic mass is 32.2. The number of nitrogens with one attached hydrogen (secondary N) is 1. The molecule has 0 radical (unpaired) electrons. The summed E-state index contributed by atoms with van der Waals surface area (Å²) in [6.07, 6.45) is 5.37. The number of benzene rings is 1. The topological polar surface area (TPSA) is 59.8 Å². The number of allylic oxidation sites excluding steroid dienone is 1. The first kappa shape index (κ1) is 15.7. The molecule has 1 unspecified atom stereocenters. The van der Waals surface area contributed by atoms with E-state index in [4.69, 9.17) is 0 Å². The molecule has 1 aromatic carbocycles. The maximum atomic E-state index is 13.2. The molecular formula is C16H17FN4OS. The van der Waals surface area contributed by atoms with Gasteiger partial charge in [-0.05, 0) is 30.5 Å². The summed E-state index contributed by atoms with van der Waals surface area (Å²) in [7, 11) is 0. The van der Waals surface area contributed by atoms with Gasteiger partial charge in [-0.15, -0.1) is 16.8 Å². The second-order valence-corrected chi connectivity index (χ2v) is 6.46. The van der Waals surface area contributed by atoms with Gasteiger partial charge in [-0.25, -0.2) is 4.39 Å². The molecule has 2 aromatic rings. The molecule has 3 rings (SSSR count). The fourth-order valence-electron chi connectivity index (χ4n) is 2.12. The van der Waals surface area contributed by atoms with Crippen molar-refractivity contribution in [3.63, 3.8) is 0 Å². The molecule has 0 bridgehead atoms. The second-order valence-electron chi connectivity index (χ2n) is 5.39. The minimum Gasteiger partial charge on any atom is -0.352 e. The van der Waals surface area contributed by atoms with E-state index in [-0.39, 0.29) is 17.8 Å². The van der Waals surface area contributed by atoms with Crippen molar-refractivity contribution >= 4 is 17.7 Å². The normalized spacial score (nSPS) is 15.2. The summed E-state index contributed by atoms with van der Waals surface area (Å²) in [5.74, 6) is -0.410. The number of thioether (sulfide) groups is 1. The van der Waals surface area contributed by atoms with Crippen LogP contribution in [0.5, 0.6) is 0 Å². The molecule has 1 fully saturated rings. The zero-order chi connectivity index (χ0) is 16.2. The highest BCUT2D eigenvalue weighted by molar-refractivity contribution is 8.00. The van der Waals surface area contributed by atoms with E-state index in [0.717, 1.165) is 18.4 Å². The molecule has 23 heavy (non-hydrogen) atoms.